The van der Waals surface area contributed by atoms with Crippen LogP contribution in [-0.4, -0.2) is 56.6 Å². The molecule has 0 aromatic carbocycles. The van der Waals surface area contributed by atoms with Crippen molar-refractivity contribution in [3.05, 3.63) is 54.5 Å². The maximum Gasteiger partial charge on any atom is 0.276 e. The summed E-state index contributed by atoms with van der Waals surface area (Å²) in [7, 11) is 0. The smallest absolute Gasteiger partial charge is 0.276 e. The van der Waals surface area contributed by atoms with E-state index in [0.29, 0.717) is 31.6 Å². The Kier molecular flexibility index (Phi) is 6.30. The fourth-order valence-corrected chi connectivity index (χ4v) is 3.77. The zero-order valence-electron chi connectivity index (χ0n) is 18.2. The van der Waals surface area contributed by atoms with E-state index in [1.165, 1.54) is 4.90 Å². The van der Waals surface area contributed by atoms with Gasteiger partial charge in [0, 0.05) is 37.0 Å². The number of amides is 3. The Morgan fingerprint density at radius 3 is 2.69 bits per heavy atom. The van der Waals surface area contributed by atoms with Gasteiger partial charge in [-0.1, -0.05) is 6.58 Å². The van der Waals surface area contributed by atoms with Gasteiger partial charge in [0.2, 0.25) is 11.8 Å². The number of hydrogen-bond donors (Lipinski definition) is 1. The molecule has 4 rings (SSSR count). The first-order chi connectivity index (χ1) is 15.4. The van der Waals surface area contributed by atoms with E-state index >= 15 is 0 Å². The minimum Gasteiger partial charge on any atom is -0.358 e. The topological polar surface area (TPSA) is 95.5 Å². The van der Waals surface area contributed by atoms with Crippen LogP contribution in [0.15, 0.2) is 48.9 Å². The van der Waals surface area contributed by atoms with E-state index in [1.807, 2.05) is 25.1 Å². The van der Waals surface area contributed by atoms with Gasteiger partial charge in [-0.25, -0.2) is 4.98 Å². The molecular weight excluding hydrogens is 406 g/mol. The van der Waals surface area contributed by atoms with Gasteiger partial charge in [0.15, 0.2) is 0 Å². The van der Waals surface area contributed by atoms with Crippen LogP contribution in [0.1, 0.15) is 37.7 Å². The Hall–Kier alpha value is -3.55. The molecule has 1 aliphatic carbocycles. The zero-order chi connectivity index (χ0) is 22.7. The van der Waals surface area contributed by atoms with Crippen molar-refractivity contribution in [2.75, 3.05) is 18.4 Å². The lowest BCUT2D eigenvalue weighted by atomic mass is 10.1. The van der Waals surface area contributed by atoms with Gasteiger partial charge in [-0.3, -0.25) is 24.3 Å². The van der Waals surface area contributed by atoms with Crippen molar-refractivity contribution < 1.29 is 14.4 Å². The third kappa shape index (κ3) is 5.01. The average molecular weight is 434 g/mol. The molecule has 2 aromatic rings. The number of carbonyl (C=O) groups is 3. The van der Waals surface area contributed by atoms with Gasteiger partial charge in [-0.2, -0.15) is 0 Å². The maximum atomic E-state index is 12.9. The summed E-state index contributed by atoms with van der Waals surface area (Å²) < 4.78 is 0. The molecule has 3 amide bonds. The Labute approximate surface area is 187 Å². The molecule has 3 heterocycles. The number of carbonyl (C=O) groups excluding carboxylic acids is 3. The predicted octanol–water partition coefficient (Wildman–Crippen LogP) is 2.91. The molecule has 8 heteroatoms. The normalized spacial score (nSPS) is 17.6. The SMILES string of the molecule is C=C1C(=O)N(C2CC2)C(=O)CCCCN1CC(=O)Nc1ccc(-c2cc(C)ccn2)cn1. The Bertz CT molecular complexity index is 1050. The van der Waals surface area contributed by atoms with E-state index in [-0.39, 0.29) is 36.0 Å². The summed E-state index contributed by atoms with van der Waals surface area (Å²) in [4.78, 5) is 49.7. The number of imide groups is 1. The van der Waals surface area contributed by atoms with Gasteiger partial charge < -0.3 is 10.2 Å². The van der Waals surface area contributed by atoms with Crippen LogP contribution in [0.5, 0.6) is 0 Å². The third-order valence-electron chi connectivity index (χ3n) is 5.67. The maximum absolute atomic E-state index is 12.9. The van der Waals surface area contributed by atoms with Gasteiger partial charge in [-0.05, 0) is 62.4 Å². The number of anilines is 1. The highest BCUT2D eigenvalue weighted by atomic mass is 16.2. The van der Waals surface area contributed by atoms with Crippen LogP contribution in [0.3, 0.4) is 0 Å². The first-order valence-corrected chi connectivity index (χ1v) is 10.9. The van der Waals surface area contributed by atoms with Crippen molar-refractivity contribution in [2.45, 2.75) is 45.1 Å². The summed E-state index contributed by atoms with van der Waals surface area (Å²) >= 11 is 0. The molecule has 1 N–H and O–H groups in total. The fraction of sp³-hybridized carbons (Fsp3) is 0.375. The van der Waals surface area contributed by atoms with E-state index in [1.54, 1.807) is 23.4 Å². The van der Waals surface area contributed by atoms with E-state index in [9.17, 15) is 14.4 Å². The van der Waals surface area contributed by atoms with Crippen molar-refractivity contribution in [1.82, 2.24) is 19.8 Å². The van der Waals surface area contributed by atoms with Gasteiger partial charge in [0.1, 0.15) is 5.82 Å². The minimum atomic E-state index is -0.389. The highest BCUT2D eigenvalue weighted by Gasteiger charge is 2.39. The van der Waals surface area contributed by atoms with Gasteiger partial charge in [0.05, 0.1) is 17.9 Å². The lowest BCUT2D eigenvalue weighted by Crippen LogP contribution is -2.44. The molecule has 1 saturated carbocycles. The Morgan fingerprint density at radius 1 is 1.19 bits per heavy atom. The van der Waals surface area contributed by atoms with Gasteiger partial charge >= 0.3 is 0 Å². The molecule has 0 unspecified atom stereocenters. The van der Waals surface area contributed by atoms with Crippen LogP contribution in [0, 0.1) is 6.92 Å². The molecule has 2 aliphatic rings. The summed E-state index contributed by atoms with van der Waals surface area (Å²) in [6, 6.07) is 7.45. The van der Waals surface area contributed by atoms with Crippen LogP contribution < -0.4 is 5.32 Å². The summed E-state index contributed by atoms with van der Waals surface area (Å²) in [5.74, 6) is -0.406. The highest BCUT2D eigenvalue weighted by molar-refractivity contribution is 6.04. The summed E-state index contributed by atoms with van der Waals surface area (Å²) in [5.41, 5.74) is 2.97. The monoisotopic (exact) mass is 433 g/mol. The van der Waals surface area contributed by atoms with Crippen LogP contribution in [-0.2, 0) is 14.4 Å². The minimum absolute atomic E-state index is 0.0221. The van der Waals surface area contributed by atoms with E-state index in [0.717, 1.165) is 29.7 Å². The third-order valence-corrected chi connectivity index (χ3v) is 5.67. The fourth-order valence-electron chi connectivity index (χ4n) is 3.77. The second-order valence-corrected chi connectivity index (χ2v) is 8.32. The average Bonchev–Trinajstić information content (AvgIpc) is 3.60. The van der Waals surface area contributed by atoms with Crippen LogP contribution in [0.4, 0.5) is 5.82 Å². The molecule has 8 nitrogen and oxygen atoms in total. The first kappa shape index (κ1) is 21.7. The van der Waals surface area contributed by atoms with E-state index < -0.39 is 0 Å². The molecule has 0 radical (unpaired) electrons. The number of aryl methyl sites for hydroxylation is 1. The second-order valence-electron chi connectivity index (χ2n) is 8.32. The largest absolute Gasteiger partial charge is 0.358 e. The predicted molar refractivity (Wildman–Crippen MR) is 120 cm³/mol. The van der Waals surface area contributed by atoms with Crippen LogP contribution in [0.25, 0.3) is 11.3 Å². The molecule has 166 valence electrons. The van der Waals surface area contributed by atoms with Gasteiger partial charge in [-0.15, -0.1) is 0 Å². The number of nitrogens with one attached hydrogen (secondary N) is 1. The number of nitrogens with zero attached hydrogens (tertiary/aromatic N) is 4. The van der Waals surface area contributed by atoms with Crippen molar-refractivity contribution >= 4 is 23.5 Å². The van der Waals surface area contributed by atoms with E-state index in [2.05, 4.69) is 21.9 Å². The number of pyridine rings is 2. The van der Waals surface area contributed by atoms with Crippen molar-refractivity contribution in [3.63, 3.8) is 0 Å². The highest BCUT2D eigenvalue weighted by Crippen LogP contribution is 2.30. The number of hydrogen-bond acceptors (Lipinski definition) is 6. The van der Waals surface area contributed by atoms with Crippen molar-refractivity contribution in [3.8, 4) is 11.3 Å². The summed E-state index contributed by atoms with van der Waals surface area (Å²) in [6.45, 7) is 6.37. The molecule has 0 spiro atoms. The quantitative estimate of drug-likeness (QED) is 0.575. The summed E-state index contributed by atoms with van der Waals surface area (Å²) in [6.07, 6.45) is 6.83. The molecular formula is C24H27N5O3. The standard InChI is InChI=1S/C24H27N5O3/c1-16-10-11-25-20(13-16)18-6-9-21(26-14-18)27-22(30)15-28-12-4-3-5-23(31)29(19-7-8-19)24(32)17(28)2/h6,9-11,13-14,19H,2-5,7-8,12,15H2,1H3,(H,26,27,30). The Balaban J connectivity index is 1.40. The first-order valence-electron chi connectivity index (χ1n) is 10.9. The van der Waals surface area contributed by atoms with Crippen molar-refractivity contribution in [2.24, 2.45) is 0 Å². The molecule has 0 bridgehead atoms. The Morgan fingerprint density at radius 2 is 2.00 bits per heavy atom. The second kappa shape index (κ2) is 9.30. The van der Waals surface area contributed by atoms with Crippen LogP contribution in [0.2, 0.25) is 0 Å². The lowest BCUT2D eigenvalue weighted by Gasteiger charge is -2.27. The lowest BCUT2D eigenvalue weighted by molar-refractivity contribution is -0.143. The summed E-state index contributed by atoms with van der Waals surface area (Å²) in [5, 5.41) is 2.78. The molecule has 2 aromatic heterocycles. The zero-order valence-corrected chi connectivity index (χ0v) is 18.2. The van der Waals surface area contributed by atoms with Gasteiger partial charge in [0.25, 0.3) is 5.91 Å². The molecule has 1 aliphatic heterocycles. The molecule has 32 heavy (non-hydrogen) atoms. The van der Waals surface area contributed by atoms with E-state index in [4.69, 9.17) is 0 Å². The molecule has 2 fully saturated rings. The van der Waals surface area contributed by atoms with Crippen molar-refractivity contribution in [1.29, 1.82) is 0 Å². The molecule has 1 saturated heterocycles. The van der Waals surface area contributed by atoms with Crippen LogP contribution >= 0.6 is 0 Å². The number of rotatable bonds is 5. The number of aromatic nitrogens is 2. The molecule has 0 atom stereocenters.